The molecule has 0 aliphatic carbocycles. The summed E-state index contributed by atoms with van der Waals surface area (Å²) in [6.45, 7) is 0.809. The number of hydrogen-bond donors (Lipinski definition) is 2. The molecule has 0 aromatic heterocycles. The minimum Gasteiger partial charge on any atom is -0.399 e. The van der Waals surface area contributed by atoms with Gasteiger partial charge in [0, 0.05) is 18.7 Å². The molecular formula is C11H13FN2. The quantitative estimate of drug-likeness (QED) is 0.422. The van der Waals surface area contributed by atoms with Crippen LogP contribution in [-0.2, 0) is 0 Å². The first-order valence-electron chi connectivity index (χ1n) is 4.42. The van der Waals surface area contributed by atoms with Gasteiger partial charge >= 0.3 is 0 Å². The summed E-state index contributed by atoms with van der Waals surface area (Å²) in [6, 6.07) is 4.52. The van der Waals surface area contributed by atoms with Gasteiger partial charge in [-0.1, -0.05) is 11.8 Å². The Bertz CT molecular complexity index is 363. The van der Waals surface area contributed by atoms with Gasteiger partial charge in [-0.3, -0.25) is 0 Å². The first-order valence-corrected chi connectivity index (χ1v) is 4.42. The summed E-state index contributed by atoms with van der Waals surface area (Å²) in [4.78, 5) is 0. The fraction of sp³-hybridized carbons (Fsp3) is 0.273. The molecular weight excluding hydrogens is 179 g/mol. The van der Waals surface area contributed by atoms with Gasteiger partial charge < -0.3 is 11.1 Å². The summed E-state index contributed by atoms with van der Waals surface area (Å²) >= 11 is 0. The third kappa shape index (κ3) is 3.08. The van der Waals surface area contributed by atoms with Crippen LogP contribution in [0.4, 0.5) is 10.1 Å². The fourth-order valence-corrected chi connectivity index (χ4v) is 0.978. The van der Waals surface area contributed by atoms with E-state index in [1.807, 2.05) is 7.05 Å². The van der Waals surface area contributed by atoms with Crippen LogP contribution in [0.2, 0.25) is 0 Å². The Morgan fingerprint density at radius 1 is 1.50 bits per heavy atom. The van der Waals surface area contributed by atoms with E-state index >= 15 is 0 Å². The molecule has 14 heavy (non-hydrogen) atoms. The van der Waals surface area contributed by atoms with Crippen molar-refractivity contribution < 1.29 is 4.39 Å². The molecule has 0 bridgehead atoms. The molecule has 1 rings (SSSR count). The summed E-state index contributed by atoms with van der Waals surface area (Å²) in [5.41, 5.74) is 6.22. The van der Waals surface area contributed by atoms with Crippen molar-refractivity contribution in [2.24, 2.45) is 0 Å². The summed E-state index contributed by atoms with van der Waals surface area (Å²) in [7, 11) is 1.85. The molecule has 3 heteroatoms. The van der Waals surface area contributed by atoms with Crippen molar-refractivity contribution in [3.05, 3.63) is 29.6 Å². The van der Waals surface area contributed by atoms with Crippen LogP contribution < -0.4 is 11.1 Å². The molecule has 0 radical (unpaired) electrons. The molecule has 74 valence electrons. The van der Waals surface area contributed by atoms with E-state index in [9.17, 15) is 4.39 Å². The molecule has 0 atom stereocenters. The zero-order chi connectivity index (χ0) is 10.4. The van der Waals surface area contributed by atoms with Gasteiger partial charge in [0.15, 0.2) is 0 Å². The van der Waals surface area contributed by atoms with Crippen molar-refractivity contribution in [2.45, 2.75) is 6.42 Å². The van der Waals surface area contributed by atoms with Crippen molar-refractivity contribution in [1.82, 2.24) is 5.32 Å². The largest absolute Gasteiger partial charge is 0.399 e. The standard InChI is InChI=1S/C11H13FN2/c1-14-7-3-2-4-9-5-6-10(13)8-11(9)12/h5-6,8,14H,3,7,13H2,1H3. The number of anilines is 1. The normalized spacial score (nSPS) is 9.29. The third-order valence-electron chi connectivity index (χ3n) is 1.72. The Kier molecular flexibility index (Phi) is 3.96. The lowest BCUT2D eigenvalue weighted by Gasteiger charge is -1.95. The van der Waals surface area contributed by atoms with E-state index < -0.39 is 0 Å². The highest BCUT2D eigenvalue weighted by Gasteiger charge is 1.97. The van der Waals surface area contributed by atoms with E-state index in [-0.39, 0.29) is 5.82 Å². The van der Waals surface area contributed by atoms with Crippen LogP contribution in [-0.4, -0.2) is 13.6 Å². The van der Waals surface area contributed by atoms with Crippen molar-refractivity contribution in [3.8, 4) is 11.8 Å². The molecule has 0 amide bonds. The Balaban J connectivity index is 2.70. The maximum Gasteiger partial charge on any atom is 0.140 e. The third-order valence-corrected chi connectivity index (χ3v) is 1.72. The summed E-state index contributed by atoms with van der Waals surface area (Å²) in [5, 5.41) is 2.96. The highest BCUT2D eigenvalue weighted by molar-refractivity contribution is 5.45. The topological polar surface area (TPSA) is 38.0 Å². The maximum absolute atomic E-state index is 13.2. The molecule has 0 spiro atoms. The van der Waals surface area contributed by atoms with E-state index in [0.717, 1.165) is 6.54 Å². The predicted molar refractivity (Wildman–Crippen MR) is 56.2 cm³/mol. The minimum atomic E-state index is -0.359. The Labute approximate surface area is 83.3 Å². The first kappa shape index (κ1) is 10.6. The molecule has 1 aromatic rings. The van der Waals surface area contributed by atoms with Crippen LogP contribution in [0.1, 0.15) is 12.0 Å². The van der Waals surface area contributed by atoms with Crippen molar-refractivity contribution in [2.75, 3.05) is 19.3 Å². The van der Waals surface area contributed by atoms with E-state index in [2.05, 4.69) is 17.2 Å². The zero-order valence-electron chi connectivity index (χ0n) is 8.10. The maximum atomic E-state index is 13.2. The smallest absolute Gasteiger partial charge is 0.140 e. The van der Waals surface area contributed by atoms with Gasteiger partial charge in [-0.25, -0.2) is 4.39 Å². The second-order valence-corrected chi connectivity index (χ2v) is 2.89. The lowest BCUT2D eigenvalue weighted by atomic mass is 10.2. The molecule has 0 saturated carbocycles. The van der Waals surface area contributed by atoms with Crippen LogP contribution in [0.15, 0.2) is 18.2 Å². The van der Waals surface area contributed by atoms with Crippen molar-refractivity contribution >= 4 is 5.69 Å². The number of nitrogen functional groups attached to an aromatic ring is 1. The molecule has 0 heterocycles. The van der Waals surface area contributed by atoms with Crippen molar-refractivity contribution in [1.29, 1.82) is 0 Å². The van der Waals surface area contributed by atoms with Crippen LogP contribution in [0, 0.1) is 17.7 Å². The second kappa shape index (κ2) is 5.25. The van der Waals surface area contributed by atoms with Gasteiger partial charge in [-0.2, -0.15) is 0 Å². The molecule has 0 aliphatic rings. The Morgan fingerprint density at radius 3 is 2.93 bits per heavy atom. The van der Waals surface area contributed by atoms with Gasteiger partial charge in [0.1, 0.15) is 5.82 Å². The second-order valence-electron chi connectivity index (χ2n) is 2.89. The van der Waals surface area contributed by atoms with Crippen LogP contribution >= 0.6 is 0 Å². The van der Waals surface area contributed by atoms with E-state index in [0.29, 0.717) is 17.7 Å². The fourth-order valence-electron chi connectivity index (χ4n) is 0.978. The molecule has 0 fully saturated rings. The lowest BCUT2D eigenvalue weighted by molar-refractivity contribution is 0.625. The number of benzene rings is 1. The average Bonchev–Trinajstić information content (AvgIpc) is 2.15. The Hall–Kier alpha value is -1.53. The number of nitrogens with two attached hydrogens (primary N) is 1. The molecule has 0 aliphatic heterocycles. The molecule has 2 nitrogen and oxygen atoms in total. The zero-order valence-corrected chi connectivity index (χ0v) is 8.10. The Morgan fingerprint density at radius 2 is 2.29 bits per heavy atom. The van der Waals surface area contributed by atoms with Gasteiger partial charge in [0.2, 0.25) is 0 Å². The van der Waals surface area contributed by atoms with Crippen LogP contribution in [0.5, 0.6) is 0 Å². The predicted octanol–water partition coefficient (Wildman–Crippen LogP) is 1.37. The van der Waals surface area contributed by atoms with Crippen LogP contribution in [0.3, 0.4) is 0 Å². The number of rotatable bonds is 2. The summed E-state index contributed by atoms with van der Waals surface area (Å²) in [5.74, 6) is 5.26. The van der Waals surface area contributed by atoms with Gasteiger partial charge in [0.05, 0.1) is 5.56 Å². The number of nitrogens with one attached hydrogen (secondary N) is 1. The number of halogens is 1. The molecule has 3 N–H and O–H groups in total. The molecule has 0 saturated heterocycles. The van der Waals surface area contributed by atoms with Gasteiger partial charge in [0.25, 0.3) is 0 Å². The minimum absolute atomic E-state index is 0.359. The SMILES string of the molecule is CNCCC#Cc1ccc(N)cc1F. The van der Waals surface area contributed by atoms with Crippen molar-refractivity contribution in [3.63, 3.8) is 0 Å². The summed E-state index contributed by atoms with van der Waals surface area (Å²) < 4.78 is 13.2. The van der Waals surface area contributed by atoms with E-state index in [4.69, 9.17) is 5.73 Å². The highest BCUT2D eigenvalue weighted by Crippen LogP contribution is 2.10. The first-order chi connectivity index (χ1) is 6.74. The monoisotopic (exact) mass is 192 g/mol. The number of hydrogen-bond acceptors (Lipinski definition) is 2. The average molecular weight is 192 g/mol. The van der Waals surface area contributed by atoms with Crippen LogP contribution in [0.25, 0.3) is 0 Å². The van der Waals surface area contributed by atoms with E-state index in [1.165, 1.54) is 6.07 Å². The lowest BCUT2D eigenvalue weighted by Crippen LogP contribution is -2.05. The van der Waals surface area contributed by atoms with Gasteiger partial charge in [-0.05, 0) is 25.2 Å². The van der Waals surface area contributed by atoms with E-state index in [1.54, 1.807) is 12.1 Å². The summed E-state index contributed by atoms with van der Waals surface area (Å²) in [6.07, 6.45) is 0.709. The molecule has 1 aromatic carbocycles. The van der Waals surface area contributed by atoms with Gasteiger partial charge in [-0.15, -0.1) is 0 Å². The highest BCUT2D eigenvalue weighted by atomic mass is 19.1. The molecule has 0 unspecified atom stereocenters.